The number of aliphatic imine (C=N–C) groups is 1. The van der Waals surface area contributed by atoms with E-state index in [1.807, 2.05) is 49.4 Å². The summed E-state index contributed by atoms with van der Waals surface area (Å²) in [5.74, 6) is 2.19. The minimum Gasteiger partial charge on any atom is -0.454 e. The van der Waals surface area contributed by atoms with Crippen LogP contribution in [0.1, 0.15) is 24.0 Å². The predicted molar refractivity (Wildman–Crippen MR) is 109 cm³/mol. The van der Waals surface area contributed by atoms with Crippen LogP contribution in [-0.4, -0.2) is 37.6 Å². The minimum absolute atomic E-state index is 0.00902. The van der Waals surface area contributed by atoms with Crippen molar-refractivity contribution in [2.75, 3.05) is 26.5 Å². The molecule has 1 atom stereocenters. The number of nitrogens with one attached hydrogen (secondary N) is 2. The van der Waals surface area contributed by atoms with Crippen molar-refractivity contribution in [2.24, 2.45) is 4.99 Å². The minimum atomic E-state index is 0.00902. The molecule has 2 aromatic carbocycles. The van der Waals surface area contributed by atoms with Crippen LogP contribution in [-0.2, 0) is 6.54 Å². The van der Waals surface area contributed by atoms with Crippen LogP contribution in [0.25, 0.3) is 0 Å². The van der Waals surface area contributed by atoms with Gasteiger partial charge in [-0.15, -0.1) is 0 Å². The summed E-state index contributed by atoms with van der Waals surface area (Å²) in [6, 6.07) is 13.9. The first-order valence-electron chi connectivity index (χ1n) is 8.97. The molecular formula is C20H24BrN3O3. The van der Waals surface area contributed by atoms with Crippen molar-refractivity contribution in [3.8, 4) is 11.5 Å². The van der Waals surface area contributed by atoms with Gasteiger partial charge in [0.2, 0.25) is 6.79 Å². The number of guanidine groups is 1. The number of rotatable bonds is 7. The van der Waals surface area contributed by atoms with Gasteiger partial charge in [-0.2, -0.15) is 0 Å². The van der Waals surface area contributed by atoms with E-state index in [9.17, 15) is 5.11 Å². The highest BCUT2D eigenvalue weighted by Crippen LogP contribution is 2.40. The van der Waals surface area contributed by atoms with Crippen molar-refractivity contribution in [2.45, 2.75) is 19.4 Å². The van der Waals surface area contributed by atoms with Gasteiger partial charge in [0.05, 0.1) is 17.6 Å². The lowest BCUT2D eigenvalue weighted by Gasteiger charge is -2.18. The summed E-state index contributed by atoms with van der Waals surface area (Å²) in [6.45, 7) is 4.19. The summed E-state index contributed by atoms with van der Waals surface area (Å²) in [5, 5.41) is 16.3. The molecule has 0 amide bonds. The average Bonchev–Trinajstić information content (AvgIpc) is 3.16. The van der Waals surface area contributed by atoms with Gasteiger partial charge in [0.1, 0.15) is 0 Å². The van der Waals surface area contributed by atoms with E-state index >= 15 is 0 Å². The van der Waals surface area contributed by atoms with Crippen LogP contribution in [0.3, 0.4) is 0 Å². The molecular weight excluding hydrogens is 410 g/mol. The van der Waals surface area contributed by atoms with Gasteiger partial charge in [-0.1, -0.05) is 30.3 Å². The molecule has 144 valence electrons. The molecule has 1 unspecified atom stereocenters. The average molecular weight is 434 g/mol. The molecule has 3 rings (SSSR count). The van der Waals surface area contributed by atoms with Crippen LogP contribution in [0.5, 0.6) is 11.5 Å². The lowest BCUT2D eigenvalue weighted by atomic mass is 10.0. The predicted octanol–water partition coefficient (Wildman–Crippen LogP) is 3.01. The fourth-order valence-corrected chi connectivity index (χ4v) is 3.46. The highest BCUT2D eigenvalue weighted by Gasteiger charge is 2.18. The Kier molecular flexibility index (Phi) is 6.95. The van der Waals surface area contributed by atoms with Crippen molar-refractivity contribution in [1.29, 1.82) is 0 Å². The molecule has 0 spiro atoms. The first-order valence-corrected chi connectivity index (χ1v) is 9.76. The molecule has 6 nitrogen and oxygen atoms in total. The van der Waals surface area contributed by atoms with Gasteiger partial charge >= 0.3 is 0 Å². The van der Waals surface area contributed by atoms with E-state index in [1.54, 1.807) is 0 Å². The smallest absolute Gasteiger partial charge is 0.231 e. The van der Waals surface area contributed by atoms with Crippen molar-refractivity contribution >= 4 is 21.9 Å². The lowest BCUT2D eigenvalue weighted by molar-refractivity contribution is 0.173. The highest BCUT2D eigenvalue weighted by molar-refractivity contribution is 9.10. The zero-order chi connectivity index (χ0) is 19.1. The SMILES string of the molecule is CCNC(=NCc1cc(Br)c2c(c1)OCO2)NCC(CO)c1ccccc1. The largest absolute Gasteiger partial charge is 0.454 e. The maximum atomic E-state index is 9.72. The molecule has 1 aliphatic rings. The van der Waals surface area contributed by atoms with E-state index in [0.717, 1.165) is 33.6 Å². The number of halogens is 1. The van der Waals surface area contributed by atoms with Crippen LogP contribution < -0.4 is 20.1 Å². The van der Waals surface area contributed by atoms with Crippen molar-refractivity contribution in [3.05, 3.63) is 58.1 Å². The molecule has 0 aromatic heterocycles. The Balaban J connectivity index is 1.65. The Morgan fingerprint density at radius 1 is 1.22 bits per heavy atom. The summed E-state index contributed by atoms with van der Waals surface area (Å²) in [4.78, 5) is 4.65. The number of aliphatic hydroxyl groups excluding tert-OH is 1. The molecule has 0 radical (unpaired) electrons. The fraction of sp³-hybridized carbons (Fsp3) is 0.350. The number of ether oxygens (including phenoxy) is 2. The van der Waals surface area contributed by atoms with Gasteiger partial charge in [0.15, 0.2) is 17.5 Å². The highest BCUT2D eigenvalue weighted by atomic mass is 79.9. The van der Waals surface area contributed by atoms with Crippen molar-refractivity contribution in [3.63, 3.8) is 0 Å². The lowest BCUT2D eigenvalue weighted by Crippen LogP contribution is -2.39. The van der Waals surface area contributed by atoms with E-state index in [4.69, 9.17) is 9.47 Å². The van der Waals surface area contributed by atoms with E-state index in [0.29, 0.717) is 19.0 Å². The number of aliphatic hydroxyl groups is 1. The Morgan fingerprint density at radius 3 is 2.78 bits per heavy atom. The third-order valence-corrected chi connectivity index (χ3v) is 4.85. The van der Waals surface area contributed by atoms with Gasteiger partial charge < -0.3 is 25.2 Å². The maximum absolute atomic E-state index is 9.72. The van der Waals surface area contributed by atoms with Crippen LogP contribution in [0.15, 0.2) is 51.9 Å². The second-order valence-electron chi connectivity index (χ2n) is 6.18. The van der Waals surface area contributed by atoms with E-state index in [2.05, 4.69) is 31.6 Å². The van der Waals surface area contributed by atoms with Gasteiger partial charge in [0.25, 0.3) is 0 Å². The second-order valence-corrected chi connectivity index (χ2v) is 7.03. The van der Waals surface area contributed by atoms with Gasteiger partial charge in [0, 0.05) is 19.0 Å². The molecule has 0 saturated carbocycles. The Hall–Kier alpha value is -2.25. The molecule has 0 fully saturated rings. The van der Waals surface area contributed by atoms with Crippen LogP contribution >= 0.6 is 15.9 Å². The van der Waals surface area contributed by atoms with Gasteiger partial charge in [-0.25, -0.2) is 4.99 Å². The standard InChI is InChI=1S/C20H24BrN3O3/c1-2-22-20(24-11-16(12-25)15-6-4-3-5-7-15)23-10-14-8-17(21)19-18(9-14)26-13-27-19/h3-9,16,25H,2,10-13H2,1H3,(H2,22,23,24). The Morgan fingerprint density at radius 2 is 2.04 bits per heavy atom. The number of benzene rings is 2. The molecule has 2 aromatic rings. The zero-order valence-electron chi connectivity index (χ0n) is 15.2. The van der Waals surface area contributed by atoms with Crippen molar-refractivity contribution in [1.82, 2.24) is 10.6 Å². The van der Waals surface area contributed by atoms with E-state index in [-0.39, 0.29) is 19.3 Å². The summed E-state index contributed by atoms with van der Waals surface area (Å²) in [5.41, 5.74) is 2.12. The topological polar surface area (TPSA) is 75.1 Å². The first-order chi connectivity index (χ1) is 13.2. The summed E-state index contributed by atoms with van der Waals surface area (Å²) in [7, 11) is 0. The fourth-order valence-electron chi connectivity index (χ4n) is 2.86. The molecule has 1 aliphatic heterocycles. The van der Waals surface area contributed by atoms with Crippen LogP contribution in [0.4, 0.5) is 0 Å². The number of hydrogen-bond acceptors (Lipinski definition) is 4. The van der Waals surface area contributed by atoms with Gasteiger partial charge in [-0.05, 0) is 46.1 Å². The molecule has 27 heavy (non-hydrogen) atoms. The Labute approximate surface area is 167 Å². The normalized spacial score (nSPS) is 14.1. The monoisotopic (exact) mass is 433 g/mol. The first kappa shape index (κ1) is 19.5. The molecule has 0 bridgehead atoms. The third kappa shape index (κ3) is 5.14. The number of fused-ring (bicyclic) bond motifs is 1. The molecule has 3 N–H and O–H groups in total. The van der Waals surface area contributed by atoms with Crippen LogP contribution in [0, 0.1) is 0 Å². The van der Waals surface area contributed by atoms with E-state index < -0.39 is 0 Å². The summed E-state index contributed by atoms with van der Waals surface area (Å²) < 4.78 is 11.7. The summed E-state index contributed by atoms with van der Waals surface area (Å²) >= 11 is 3.51. The van der Waals surface area contributed by atoms with Gasteiger partial charge in [-0.3, -0.25) is 0 Å². The number of nitrogens with zero attached hydrogens (tertiary/aromatic N) is 1. The second kappa shape index (κ2) is 9.62. The van der Waals surface area contributed by atoms with Crippen molar-refractivity contribution < 1.29 is 14.6 Å². The molecule has 0 saturated heterocycles. The molecule has 7 heteroatoms. The third-order valence-electron chi connectivity index (χ3n) is 4.26. The summed E-state index contributed by atoms with van der Waals surface area (Å²) in [6.07, 6.45) is 0. The van der Waals surface area contributed by atoms with Crippen LogP contribution in [0.2, 0.25) is 0 Å². The zero-order valence-corrected chi connectivity index (χ0v) is 16.8. The number of hydrogen-bond donors (Lipinski definition) is 3. The Bertz CT molecular complexity index is 784. The quantitative estimate of drug-likeness (QED) is 0.462. The molecule has 0 aliphatic carbocycles. The maximum Gasteiger partial charge on any atom is 0.231 e. The molecule has 1 heterocycles. The van der Waals surface area contributed by atoms with E-state index in [1.165, 1.54) is 0 Å².